The number of halogens is 1. The summed E-state index contributed by atoms with van der Waals surface area (Å²) in [6.07, 6.45) is 0. The normalized spacial score (nSPS) is 10.3. The molecular formula is C24H21ClO6. The van der Waals surface area contributed by atoms with Gasteiger partial charge in [-0.15, -0.1) is 0 Å². The Bertz CT molecular complexity index is 1080. The highest BCUT2D eigenvalue weighted by molar-refractivity contribution is 6.31. The lowest BCUT2D eigenvalue weighted by Gasteiger charge is -2.12. The standard InChI is InChI=1S/C24H21ClO6/c1-28-22-12-11-16(13-23(22)29-2)20(26)15-31-24(27)18-8-4-6-10-21(18)30-14-17-7-3-5-9-19(17)25/h3-13H,14-15H2,1-2H3. The summed E-state index contributed by atoms with van der Waals surface area (Å²) in [6, 6.07) is 18.7. The Morgan fingerprint density at radius 3 is 2.29 bits per heavy atom. The van der Waals surface area contributed by atoms with Gasteiger partial charge >= 0.3 is 5.97 Å². The first-order valence-electron chi connectivity index (χ1n) is 9.41. The van der Waals surface area contributed by atoms with E-state index >= 15 is 0 Å². The zero-order valence-corrected chi connectivity index (χ0v) is 17.8. The molecule has 0 heterocycles. The lowest BCUT2D eigenvalue weighted by atomic mass is 10.1. The van der Waals surface area contributed by atoms with Gasteiger partial charge in [0.15, 0.2) is 23.9 Å². The number of esters is 1. The molecule has 0 saturated heterocycles. The van der Waals surface area contributed by atoms with Crippen molar-refractivity contribution in [3.8, 4) is 17.2 Å². The summed E-state index contributed by atoms with van der Waals surface area (Å²) in [5, 5.41) is 0.572. The largest absolute Gasteiger partial charge is 0.493 e. The zero-order chi connectivity index (χ0) is 22.2. The van der Waals surface area contributed by atoms with Gasteiger partial charge in [-0.25, -0.2) is 4.79 Å². The van der Waals surface area contributed by atoms with Crippen LogP contribution < -0.4 is 14.2 Å². The second-order valence-corrected chi connectivity index (χ2v) is 6.85. The van der Waals surface area contributed by atoms with E-state index in [0.717, 1.165) is 5.56 Å². The summed E-state index contributed by atoms with van der Waals surface area (Å²) in [6.45, 7) is -0.234. The lowest BCUT2D eigenvalue weighted by molar-refractivity contribution is 0.0470. The van der Waals surface area contributed by atoms with Crippen molar-refractivity contribution in [1.82, 2.24) is 0 Å². The molecule has 0 radical (unpaired) electrons. The van der Waals surface area contributed by atoms with E-state index in [1.54, 1.807) is 42.5 Å². The second-order valence-electron chi connectivity index (χ2n) is 6.45. The van der Waals surface area contributed by atoms with Crippen molar-refractivity contribution >= 4 is 23.4 Å². The quantitative estimate of drug-likeness (QED) is 0.345. The van der Waals surface area contributed by atoms with Crippen LogP contribution >= 0.6 is 11.6 Å². The van der Waals surface area contributed by atoms with Gasteiger partial charge in [-0.2, -0.15) is 0 Å². The molecule has 0 aliphatic carbocycles. The van der Waals surface area contributed by atoms with Gasteiger partial charge in [0.05, 0.1) is 14.2 Å². The molecule has 160 valence electrons. The Hall–Kier alpha value is -3.51. The average Bonchev–Trinajstić information content (AvgIpc) is 2.81. The SMILES string of the molecule is COc1ccc(C(=O)COC(=O)c2ccccc2OCc2ccccc2Cl)cc1OC. The Balaban J connectivity index is 1.66. The summed E-state index contributed by atoms with van der Waals surface area (Å²) in [7, 11) is 2.98. The number of hydrogen-bond acceptors (Lipinski definition) is 6. The number of carbonyl (C=O) groups excluding carboxylic acids is 2. The molecular weight excluding hydrogens is 420 g/mol. The number of hydrogen-bond donors (Lipinski definition) is 0. The summed E-state index contributed by atoms with van der Waals surface area (Å²) in [5.74, 6) is 0.219. The number of para-hydroxylation sites is 1. The van der Waals surface area contributed by atoms with Crippen molar-refractivity contribution in [2.45, 2.75) is 6.61 Å². The third-order valence-electron chi connectivity index (χ3n) is 4.49. The van der Waals surface area contributed by atoms with Crippen LogP contribution in [0.5, 0.6) is 17.2 Å². The van der Waals surface area contributed by atoms with Gasteiger partial charge in [0, 0.05) is 16.1 Å². The van der Waals surface area contributed by atoms with E-state index in [2.05, 4.69) is 0 Å². The number of Topliss-reactive ketones (excluding diaryl/α,β-unsaturated/α-hetero) is 1. The summed E-state index contributed by atoms with van der Waals surface area (Å²) in [4.78, 5) is 25.0. The van der Waals surface area contributed by atoms with E-state index in [1.165, 1.54) is 20.3 Å². The van der Waals surface area contributed by atoms with Crippen molar-refractivity contribution < 1.29 is 28.5 Å². The number of rotatable bonds is 9. The molecule has 31 heavy (non-hydrogen) atoms. The summed E-state index contributed by atoms with van der Waals surface area (Å²) < 4.78 is 21.4. The van der Waals surface area contributed by atoms with Crippen molar-refractivity contribution in [2.75, 3.05) is 20.8 Å². The van der Waals surface area contributed by atoms with Crippen molar-refractivity contribution in [3.63, 3.8) is 0 Å². The van der Waals surface area contributed by atoms with Crippen LogP contribution in [-0.4, -0.2) is 32.6 Å². The first-order chi connectivity index (χ1) is 15.0. The third-order valence-corrected chi connectivity index (χ3v) is 4.86. The molecule has 0 N–H and O–H groups in total. The topological polar surface area (TPSA) is 71.1 Å². The van der Waals surface area contributed by atoms with Gasteiger partial charge in [-0.1, -0.05) is 41.9 Å². The molecule has 0 fully saturated rings. The molecule has 3 rings (SSSR count). The van der Waals surface area contributed by atoms with Crippen molar-refractivity contribution in [2.24, 2.45) is 0 Å². The minimum atomic E-state index is -0.663. The summed E-state index contributed by atoms with van der Waals surface area (Å²) >= 11 is 6.15. The van der Waals surface area contributed by atoms with Crippen LogP contribution in [0.15, 0.2) is 66.7 Å². The second kappa shape index (κ2) is 10.5. The maximum absolute atomic E-state index is 12.6. The molecule has 7 heteroatoms. The molecule has 0 amide bonds. The Morgan fingerprint density at radius 1 is 0.839 bits per heavy atom. The van der Waals surface area contributed by atoms with Gasteiger partial charge in [-0.05, 0) is 36.4 Å². The fraction of sp³-hybridized carbons (Fsp3) is 0.167. The number of carbonyl (C=O) groups is 2. The van der Waals surface area contributed by atoms with Crippen molar-refractivity contribution in [3.05, 3.63) is 88.4 Å². The van der Waals surface area contributed by atoms with Crippen molar-refractivity contribution in [1.29, 1.82) is 0 Å². The van der Waals surface area contributed by atoms with E-state index in [-0.39, 0.29) is 18.0 Å². The molecule has 0 spiro atoms. The molecule has 0 aromatic heterocycles. The Labute approximate surface area is 185 Å². The number of benzene rings is 3. The smallest absolute Gasteiger partial charge is 0.342 e. The third kappa shape index (κ3) is 5.55. The first-order valence-corrected chi connectivity index (χ1v) is 9.79. The van der Waals surface area contributed by atoms with E-state index in [1.807, 2.05) is 18.2 Å². The van der Waals surface area contributed by atoms with E-state index < -0.39 is 12.6 Å². The first kappa shape index (κ1) is 22.2. The number of ether oxygens (including phenoxy) is 4. The van der Waals surface area contributed by atoms with Crippen LogP contribution in [0.1, 0.15) is 26.3 Å². The Morgan fingerprint density at radius 2 is 1.55 bits per heavy atom. The van der Waals surface area contributed by atoms with Crippen LogP contribution in [0.25, 0.3) is 0 Å². The molecule has 0 aliphatic rings. The molecule has 0 saturated carbocycles. The molecule has 0 atom stereocenters. The van der Waals surface area contributed by atoms with Gasteiger partial charge in [0.2, 0.25) is 0 Å². The minimum absolute atomic E-state index is 0.189. The van der Waals surface area contributed by atoms with E-state index in [0.29, 0.717) is 27.8 Å². The monoisotopic (exact) mass is 440 g/mol. The number of methoxy groups -OCH3 is 2. The minimum Gasteiger partial charge on any atom is -0.493 e. The Kier molecular flexibility index (Phi) is 7.51. The average molecular weight is 441 g/mol. The van der Waals surface area contributed by atoms with Crippen LogP contribution in [0.4, 0.5) is 0 Å². The molecule has 3 aromatic carbocycles. The fourth-order valence-corrected chi connectivity index (χ4v) is 3.02. The van der Waals surface area contributed by atoms with Gasteiger partial charge in [0.25, 0.3) is 0 Å². The highest BCUT2D eigenvalue weighted by atomic mass is 35.5. The van der Waals surface area contributed by atoms with Crippen LogP contribution in [0, 0.1) is 0 Å². The lowest BCUT2D eigenvalue weighted by Crippen LogP contribution is -2.15. The zero-order valence-electron chi connectivity index (χ0n) is 17.1. The van der Waals surface area contributed by atoms with E-state index in [4.69, 9.17) is 30.5 Å². The van der Waals surface area contributed by atoms with Gasteiger partial charge in [-0.3, -0.25) is 4.79 Å². The van der Waals surface area contributed by atoms with Crippen LogP contribution in [0.2, 0.25) is 5.02 Å². The summed E-state index contributed by atoms with van der Waals surface area (Å²) in [5.41, 5.74) is 1.35. The van der Waals surface area contributed by atoms with Gasteiger partial charge in [0.1, 0.15) is 17.9 Å². The molecule has 0 bridgehead atoms. The maximum Gasteiger partial charge on any atom is 0.342 e. The fourth-order valence-electron chi connectivity index (χ4n) is 2.83. The van der Waals surface area contributed by atoms with Gasteiger partial charge < -0.3 is 18.9 Å². The van der Waals surface area contributed by atoms with Crippen LogP contribution in [0.3, 0.4) is 0 Å². The predicted molar refractivity (Wildman–Crippen MR) is 116 cm³/mol. The maximum atomic E-state index is 12.6. The highest BCUT2D eigenvalue weighted by Gasteiger charge is 2.17. The predicted octanol–water partition coefficient (Wildman–Crippen LogP) is 4.98. The highest BCUT2D eigenvalue weighted by Crippen LogP contribution is 2.28. The molecule has 6 nitrogen and oxygen atoms in total. The molecule has 0 unspecified atom stereocenters. The number of ketones is 1. The van der Waals surface area contributed by atoms with E-state index in [9.17, 15) is 9.59 Å². The molecule has 3 aromatic rings. The molecule has 0 aliphatic heterocycles. The van der Waals surface area contributed by atoms with Crippen LogP contribution in [-0.2, 0) is 11.3 Å².